The lowest BCUT2D eigenvalue weighted by atomic mass is 9.74. The second-order valence-electron chi connectivity index (χ2n) is 8.84. The molecule has 2 aromatic heterocycles. The van der Waals surface area contributed by atoms with Crippen LogP contribution in [0.1, 0.15) is 52.5 Å². The molecule has 2 N–H and O–H groups in total. The second-order valence-corrected chi connectivity index (χ2v) is 9.45. The molecule has 30 heavy (non-hydrogen) atoms. The van der Waals surface area contributed by atoms with Crippen LogP contribution in [0, 0.1) is 17.7 Å². The van der Waals surface area contributed by atoms with Crippen molar-refractivity contribution in [3.63, 3.8) is 0 Å². The van der Waals surface area contributed by atoms with Gasteiger partial charge in [0.05, 0.1) is 11.6 Å². The monoisotopic (exact) mass is 433 g/mol. The number of rotatable bonds is 5. The molecule has 1 saturated carbocycles. The Morgan fingerprint density at radius 3 is 2.80 bits per heavy atom. The molecular formula is C22H29ClFN5O. The molecule has 0 bridgehead atoms. The summed E-state index contributed by atoms with van der Waals surface area (Å²) in [4.78, 5) is 16.9. The van der Waals surface area contributed by atoms with Crippen molar-refractivity contribution in [2.45, 2.75) is 70.0 Å². The maximum Gasteiger partial charge on any atom is 0.225 e. The van der Waals surface area contributed by atoms with E-state index in [1.807, 2.05) is 20.8 Å². The highest BCUT2D eigenvalue weighted by Crippen LogP contribution is 2.37. The summed E-state index contributed by atoms with van der Waals surface area (Å²) in [6.07, 6.45) is 6.80. The third kappa shape index (κ3) is 4.04. The molecule has 1 saturated heterocycles. The highest BCUT2D eigenvalue weighted by molar-refractivity contribution is 6.20. The van der Waals surface area contributed by atoms with E-state index in [9.17, 15) is 4.79 Å². The van der Waals surface area contributed by atoms with Crippen molar-refractivity contribution in [2.24, 2.45) is 11.8 Å². The van der Waals surface area contributed by atoms with Gasteiger partial charge in [-0.25, -0.2) is 9.37 Å². The molecule has 6 nitrogen and oxygen atoms in total. The molecule has 3 heterocycles. The average Bonchev–Trinajstić information content (AvgIpc) is 3.19. The summed E-state index contributed by atoms with van der Waals surface area (Å²) < 4.78 is 17.1. The zero-order chi connectivity index (χ0) is 21.4. The molecule has 2 fully saturated rings. The van der Waals surface area contributed by atoms with Gasteiger partial charge < -0.3 is 10.6 Å². The van der Waals surface area contributed by atoms with Gasteiger partial charge >= 0.3 is 0 Å². The molecule has 1 amide bonds. The summed E-state index contributed by atoms with van der Waals surface area (Å²) in [6.45, 7) is 5.92. The molecule has 4 unspecified atom stereocenters. The van der Waals surface area contributed by atoms with Crippen molar-refractivity contribution in [1.29, 1.82) is 0 Å². The lowest BCUT2D eigenvalue weighted by molar-refractivity contribution is -0.130. The summed E-state index contributed by atoms with van der Waals surface area (Å²) in [7, 11) is 0. The van der Waals surface area contributed by atoms with Gasteiger partial charge in [0.25, 0.3) is 0 Å². The minimum absolute atomic E-state index is 0.0266. The van der Waals surface area contributed by atoms with Crippen molar-refractivity contribution in [1.82, 2.24) is 20.1 Å². The molecular weight excluding hydrogens is 405 g/mol. The normalized spacial score (nSPS) is 27.5. The minimum Gasteiger partial charge on any atom is -0.364 e. The zero-order valence-corrected chi connectivity index (χ0v) is 18.4. The van der Waals surface area contributed by atoms with Crippen LogP contribution < -0.4 is 10.6 Å². The Labute approximate surface area is 181 Å². The number of nitrogens with one attached hydrogen (secondary N) is 2. The van der Waals surface area contributed by atoms with Crippen molar-refractivity contribution >= 4 is 23.3 Å². The molecule has 2 aliphatic rings. The van der Waals surface area contributed by atoms with Gasteiger partial charge in [-0.15, -0.1) is 11.6 Å². The molecule has 162 valence electrons. The topological polar surface area (TPSA) is 71.8 Å². The van der Waals surface area contributed by atoms with Crippen LogP contribution in [0.5, 0.6) is 0 Å². The first-order valence-corrected chi connectivity index (χ1v) is 11.2. The van der Waals surface area contributed by atoms with E-state index in [1.165, 1.54) is 0 Å². The number of hydrogen-bond donors (Lipinski definition) is 2. The largest absolute Gasteiger partial charge is 0.364 e. The maximum atomic E-state index is 15.3. The molecule has 0 aromatic carbocycles. The predicted molar refractivity (Wildman–Crippen MR) is 116 cm³/mol. The Morgan fingerprint density at radius 1 is 1.23 bits per heavy atom. The van der Waals surface area contributed by atoms with Gasteiger partial charge in [0, 0.05) is 41.5 Å². The molecule has 5 atom stereocenters. The van der Waals surface area contributed by atoms with E-state index < -0.39 is 5.82 Å². The Hall–Kier alpha value is -2.15. The van der Waals surface area contributed by atoms with Crippen LogP contribution in [0.15, 0.2) is 24.5 Å². The van der Waals surface area contributed by atoms with E-state index in [0.29, 0.717) is 17.2 Å². The van der Waals surface area contributed by atoms with Gasteiger partial charge in [-0.2, -0.15) is 5.10 Å². The van der Waals surface area contributed by atoms with Gasteiger partial charge in [0.1, 0.15) is 0 Å². The number of anilines is 1. The van der Waals surface area contributed by atoms with Crippen molar-refractivity contribution in [3.8, 4) is 11.3 Å². The van der Waals surface area contributed by atoms with Gasteiger partial charge in [-0.1, -0.05) is 0 Å². The average molecular weight is 434 g/mol. The number of piperidine rings is 1. The lowest BCUT2D eigenvalue weighted by Crippen LogP contribution is -2.55. The standard InChI is InChI=1S/C22H29ClFN5O/c1-12(2)29-19(7-9-26-29)16-6-8-25-21(20(16)24)27-13(3)17-11-14-10-15(23)4-5-18(14)28-22(17)30/h6-9,12-15,17-18H,4-5,10-11H2,1-3H3,(H,25,27)(H,28,30)/t13-,14?,15?,17?,18?/m0/s1. The van der Waals surface area contributed by atoms with E-state index in [2.05, 4.69) is 20.7 Å². The number of nitrogens with zero attached hydrogens (tertiary/aromatic N) is 3. The van der Waals surface area contributed by atoms with Gasteiger partial charge in [0.15, 0.2) is 11.6 Å². The van der Waals surface area contributed by atoms with E-state index >= 15 is 4.39 Å². The summed E-state index contributed by atoms with van der Waals surface area (Å²) in [6, 6.07) is 3.52. The van der Waals surface area contributed by atoms with Gasteiger partial charge in [-0.05, 0) is 64.5 Å². The Kier molecular flexibility index (Phi) is 6.00. The van der Waals surface area contributed by atoms with Gasteiger partial charge in [-0.3, -0.25) is 9.48 Å². The van der Waals surface area contributed by atoms with Crippen molar-refractivity contribution in [2.75, 3.05) is 5.32 Å². The number of carbonyl (C=O) groups is 1. The third-order valence-corrected chi connectivity index (χ3v) is 6.83. The van der Waals surface area contributed by atoms with Crippen LogP contribution in [0.3, 0.4) is 0 Å². The highest BCUT2D eigenvalue weighted by Gasteiger charge is 2.41. The van der Waals surface area contributed by atoms with E-state index in [1.54, 1.807) is 29.2 Å². The summed E-state index contributed by atoms with van der Waals surface area (Å²) in [5.74, 6) is -0.125. The molecule has 4 rings (SSSR count). The first-order chi connectivity index (χ1) is 14.3. The van der Waals surface area contributed by atoms with Crippen LogP contribution in [-0.2, 0) is 4.79 Å². The number of halogens is 2. The van der Waals surface area contributed by atoms with E-state index in [-0.39, 0.29) is 41.1 Å². The Bertz CT molecular complexity index is 917. The smallest absolute Gasteiger partial charge is 0.225 e. The first kappa shape index (κ1) is 21.1. The fourth-order valence-electron chi connectivity index (χ4n) is 4.81. The SMILES string of the molecule is CC(C)n1nccc1-c1ccnc(N[C@@H](C)C2CC3CC(Cl)CCC3NC2=O)c1F. The lowest BCUT2D eigenvalue weighted by Gasteiger charge is -2.42. The first-order valence-electron chi connectivity index (χ1n) is 10.7. The Morgan fingerprint density at radius 2 is 2.03 bits per heavy atom. The zero-order valence-electron chi connectivity index (χ0n) is 17.6. The number of alkyl halides is 1. The maximum absolute atomic E-state index is 15.3. The third-order valence-electron chi connectivity index (χ3n) is 6.43. The van der Waals surface area contributed by atoms with Crippen LogP contribution in [-0.4, -0.2) is 38.1 Å². The minimum atomic E-state index is -0.431. The van der Waals surface area contributed by atoms with Crippen LogP contribution in [0.2, 0.25) is 0 Å². The number of aromatic nitrogens is 3. The number of hydrogen-bond acceptors (Lipinski definition) is 4. The van der Waals surface area contributed by atoms with Crippen LogP contribution >= 0.6 is 11.6 Å². The number of amides is 1. The summed E-state index contributed by atoms with van der Waals surface area (Å²) in [5.41, 5.74) is 1.14. The fraction of sp³-hybridized carbons (Fsp3) is 0.591. The molecule has 2 aromatic rings. The van der Waals surface area contributed by atoms with E-state index in [4.69, 9.17) is 11.6 Å². The number of fused-ring (bicyclic) bond motifs is 1. The molecule has 1 aliphatic carbocycles. The summed E-state index contributed by atoms with van der Waals surface area (Å²) in [5, 5.41) is 10.8. The second kappa shape index (κ2) is 8.53. The molecule has 1 aliphatic heterocycles. The van der Waals surface area contributed by atoms with Crippen LogP contribution in [0.4, 0.5) is 10.2 Å². The molecule has 0 radical (unpaired) electrons. The molecule has 8 heteroatoms. The molecule has 0 spiro atoms. The van der Waals surface area contributed by atoms with Crippen molar-refractivity contribution < 1.29 is 9.18 Å². The Balaban J connectivity index is 1.53. The number of carbonyl (C=O) groups excluding carboxylic acids is 1. The van der Waals surface area contributed by atoms with Gasteiger partial charge in [0.2, 0.25) is 5.91 Å². The summed E-state index contributed by atoms with van der Waals surface area (Å²) >= 11 is 6.36. The predicted octanol–water partition coefficient (Wildman–Crippen LogP) is 4.38. The fourth-order valence-corrected chi connectivity index (χ4v) is 5.16. The number of pyridine rings is 1. The highest BCUT2D eigenvalue weighted by atomic mass is 35.5. The van der Waals surface area contributed by atoms with E-state index in [0.717, 1.165) is 25.7 Å². The quantitative estimate of drug-likeness (QED) is 0.686. The van der Waals surface area contributed by atoms with Crippen molar-refractivity contribution in [3.05, 3.63) is 30.3 Å². The van der Waals surface area contributed by atoms with Crippen LogP contribution in [0.25, 0.3) is 11.3 Å².